The van der Waals surface area contributed by atoms with Crippen molar-refractivity contribution in [2.24, 2.45) is 0 Å². The lowest BCUT2D eigenvalue weighted by Crippen LogP contribution is -2.29. The second-order valence-electron chi connectivity index (χ2n) is 8.03. The summed E-state index contributed by atoms with van der Waals surface area (Å²) < 4.78 is 32.5. The van der Waals surface area contributed by atoms with Crippen molar-refractivity contribution in [2.45, 2.75) is 13.5 Å². The maximum absolute atomic E-state index is 13.3. The predicted octanol–water partition coefficient (Wildman–Crippen LogP) is 4.39. The van der Waals surface area contributed by atoms with E-state index in [-0.39, 0.29) is 12.5 Å². The number of methoxy groups -OCH3 is 1. The van der Waals surface area contributed by atoms with E-state index >= 15 is 0 Å². The van der Waals surface area contributed by atoms with Gasteiger partial charge in [0, 0.05) is 17.1 Å². The highest BCUT2D eigenvalue weighted by Gasteiger charge is 2.21. The van der Waals surface area contributed by atoms with Crippen molar-refractivity contribution >= 4 is 38.5 Å². The highest BCUT2D eigenvalue weighted by molar-refractivity contribution is 7.92. The van der Waals surface area contributed by atoms with Gasteiger partial charge in [-0.05, 0) is 42.8 Å². The summed E-state index contributed by atoms with van der Waals surface area (Å²) in [6, 6.07) is 21.1. The van der Waals surface area contributed by atoms with Crippen molar-refractivity contribution in [3.8, 4) is 0 Å². The van der Waals surface area contributed by atoms with E-state index in [1.165, 1.54) is 22.2 Å². The van der Waals surface area contributed by atoms with Crippen molar-refractivity contribution in [3.63, 3.8) is 0 Å². The Kier molecular flexibility index (Phi) is 6.26. The van der Waals surface area contributed by atoms with E-state index in [9.17, 15) is 18.0 Å². The lowest BCUT2D eigenvalue weighted by atomic mass is 10.1. The van der Waals surface area contributed by atoms with Crippen LogP contribution in [0.25, 0.3) is 10.9 Å². The zero-order valence-electron chi connectivity index (χ0n) is 19.1. The van der Waals surface area contributed by atoms with Crippen molar-refractivity contribution in [2.75, 3.05) is 17.7 Å². The quantitative estimate of drug-likeness (QED) is 0.385. The molecule has 1 aromatic heterocycles. The van der Waals surface area contributed by atoms with Crippen LogP contribution in [0.5, 0.6) is 0 Å². The van der Waals surface area contributed by atoms with Crippen molar-refractivity contribution < 1.29 is 22.7 Å². The third kappa shape index (κ3) is 4.58. The van der Waals surface area contributed by atoms with E-state index < -0.39 is 16.0 Å². The van der Waals surface area contributed by atoms with Crippen LogP contribution in [0.4, 0.5) is 5.69 Å². The van der Waals surface area contributed by atoms with Crippen LogP contribution in [-0.2, 0) is 21.3 Å². The lowest BCUT2D eigenvalue weighted by Gasteiger charge is -2.23. The van der Waals surface area contributed by atoms with E-state index in [4.69, 9.17) is 4.74 Å². The predicted molar refractivity (Wildman–Crippen MR) is 132 cm³/mol. The van der Waals surface area contributed by atoms with E-state index in [0.29, 0.717) is 27.7 Å². The molecule has 34 heavy (non-hydrogen) atoms. The van der Waals surface area contributed by atoms with Gasteiger partial charge in [-0.25, -0.2) is 13.2 Å². The van der Waals surface area contributed by atoms with E-state index in [2.05, 4.69) is 0 Å². The molecule has 4 rings (SSSR count). The van der Waals surface area contributed by atoms with Gasteiger partial charge in [0.2, 0.25) is 10.0 Å². The Balaban J connectivity index is 1.67. The minimum Gasteiger partial charge on any atom is -0.465 e. The summed E-state index contributed by atoms with van der Waals surface area (Å²) in [7, 11) is -2.27. The van der Waals surface area contributed by atoms with E-state index in [0.717, 1.165) is 17.4 Å². The average Bonchev–Trinajstić information content (AvgIpc) is 3.22. The normalized spacial score (nSPS) is 11.4. The molecule has 0 N–H and O–H groups in total. The SMILES string of the molecule is COC(=O)c1cn(C(=O)c2ccc(N(Cc3ccc(C)cc3)S(C)(=O)=O)cc2)c2ccccc12. The Morgan fingerprint density at radius 3 is 2.21 bits per heavy atom. The molecule has 0 aliphatic heterocycles. The van der Waals surface area contributed by atoms with Gasteiger partial charge in [-0.1, -0.05) is 48.0 Å². The molecular formula is C26H24N2O5S. The first-order valence-corrected chi connectivity index (χ1v) is 12.4. The molecule has 0 saturated carbocycles. The number of benzene rings is 3. The number of esters is 1. The van der Waals surface area contributed by atoms with Gasteiger partial charge in [0.15, 0.2) is 0 Å². The minimum atomic E-state index is -3.56. The summed E-state index contributed by atoms with van der Waals surface area (Å²) in [5.74, 6) is -0.875. The van der Waals surface area contributed by atoms with Gasteiger partial charge in [-0.15, -0.1) is 0 Å². The molecule has 0 fully saturated rings. The fourth-order valence-electron chi connectivity index (χ4n) is 3.79. The first-order valence-electron chi connectivity index (χ1n) is 10.6. The van der Waals surface area contributed by atoms with Crippen LogP contribution in [0.3, 0.4) is 0 Å². The van der Waals surface area contributed by atoms with E-state index in [1.54, 1.807) is 48.5 Å². The summed E-state index contributed by atoms with van der Waals surface area (Å²) in [6.07, 6.45) is 2.62. The minimum absolute atomic E-state index is 0.178. The van der Waals surface area contributed by atoms with Crippen LogP contribution in [0, 0.1) is 6.92 Å². The number of rotatable bonds is 6. The molecule has 0 aliphatic rings. The molecule has 8 heteroatoms. The Morgan fingerprint density at radius 2 is 1.59 bits per heavy atom. The molecular weight excluding hydrogens is 452 g/mol. The summed E-state index contributed by atoms with van der Waals surface area (Å²) in [5, 5.41) is 0.612. The summed E-state index contributed by atoms with van der Waals surface area (Å²) in [4.78, 5) is 25.4. The van der Waals surface area contributed by atoms with Crippen LogP contribution in [0.15, 0.2) is 79.0 Å². The number of sulfonamides is 1. The van der Waals surface area contributed by atoms with Crippen molar-refractivity contribution in [1.29, 1.82) is 0 Å². The van der Waals surface area contributed by atoms with Crippen LogP contribution in [0.1, 0.15) is 31.8 Å². The monoisotopic (exact) mass is 476 g/mol. The third-order valence-electron chi connectivity index (χ3n) is 5.59. The topological polar surface area (TPSA) is 85.7 Å². The summed E-state index contributed by atoms with van der Waals surface area (Å²) in [5.41, 5.74) is 3.62. The first-order chi connectivity index (χ1) is 16.2. The number of ether oxygens (including phenoxy) is 1. The number of hydrogen-bond acceptors (Lipinski definition) is 5. The average molecular weight is 477 g/mol. The molecule has 7 nitrogen and oxygen atoms in total. The second-order valence-corrected chi connectivity index (χ2v) is 9.94. The van der Waals surface area contributed by atoms with Crippen LogP contribution >= 0.6 is 0 Å². The lowest BCUT2D eigenvalue weighted by molar-refractivity contribution is 0.0603. The Bertz CT molecular complexity index is 1470. The van der Waals surface area contributed by atoms with E-state index in [1.807, 2.05) is 31.2 Å². The van der Waals surface area contributed by atoms with Crippen LogP contribution in [-0.4, -0.2) is 38.2 Å². The molecule has 0 unspecified atom stereocenters. The molecule has 174 valence electrons. The van der Waals surface area contributed by atoms with Gasteiger partial charge in [-0.3, -0.25) is 13.7 Å². The van der Waals surface area contributed by atoms with Gasteiger partial charge in [0.05, 0.1) is 36.7 Å². The van der Waals surface area contributed by atoms with Gasteiger partial charge in [-0.2, -0.15) is 0 Å². The highest BCUT2D eigenvalue weighted by Crippen LogP contribution is 2.25. The van der Waals surface area contributed by atoms with Gasteiger partial charge < -0.3 is 4.74 Å². The summed E-state index contributed by atoms with van der Waals surface area (Å²) >= 11 is 0. The number of anilines is 1. The van der Waals surface area contributed by atoms with Crippen molar-refractivity contribution in [1.82, 2.24) is 4.57 Å². The molecule has 3 aromatic carbocycles. The number of aryl methyl sites for hydroxylation is 1. The number of carbonyl (C=O) groups excluding carboxylic acids is 2. The molecule has 0 atom stereocenters. The maximum Gasteiger partial charge on any atom is 0.340 e. The number of aromatic nitrogens is 1. The zero-order chi connectivity index (χ0) is 24.5. The molecule has 0 aliphatic carbocycles. The smallest absolute Gasteiger partial charge is 0.340 e. The highest BCUT2D eigenvalue weighted by atomic mass is 32.2. The number of carbonyl (C=O) groups is 2. The second kappa shape index (κ2) is 9.15. The number of hydrogen-bond donors (Lipinski definition) is 0. The molecule has 0 bridgehead atoms. The standard InChI is InChI=1S/C26H24N2O5S/c1-18-8-10-19(11-9-18)16-28(34(3,31)32)21-14-12-20(13-15-21)25(29)27-17-23(26(30)33-2)22-6-4-5-7-24(22)27/h4-15,17H,16H2,1-3H3. The largest absolute Gasteiger partial charge is 0.465 e. The molecule has 4 aromatic rings. The Hall–Kier alpha value is -3.91. The van der Waals surface area contributed by atoms with Crippen LogP contribution in [0.2, 0.25) is 0 Å². The van der Waals surface area contributed by atoms with Gasteiger partial charge in [0.1, 0.15) is 0 Å². The molecule has 0 saturated heterocycles. The number of para-hydroxylation sites is 1. The third-order valence-corrected chi connectivity index (χ3v) is 6.73. The Morgan fingerprint density at radius 1 is 0.941 bits per heavy atom. The van der Waals surface area contributed by atoms with Crippen LogP contribution < -0.4 is 4.31 Å². The number of fused-ring (bicyclic) bond motifs is 1. The van der Waals surface area contributed by atoms with Crippen molar-refractivity contribution in [3.05, 3.63) is 101 Å². The fraction of sp³-hybridized carbons (Fsp3) is 0.154. The zero-order valence-corrected chi connectivity index (χ0v) is 19.9. The molecule has 0 amide bonds. The summed E-state index contributed by atoms with van der Waals surface area (Å²) in [6.45, 7) is 2.15. The molecule has 0 radical (unpaired) electrons. The molecule has 0 spiro atoms. The molecule has 1 heterocycles. The fourth-order valence-corrected chi connectivity index (χ4v) is 4.68. The Labute approximate surface area is 198 Å². The maximum atomic E-state index is 13.3. The number of nitrogens with zero attached hydrogens (tertiary/aromatic N) is 2. The first kappa shape index (κ1) is 23.3. The van der Waals surface area contributed by atoms with Gasteiger partial charge >= 0.3 is 5.97 Å². The van der Waals surface area contributed by atoms with Gasteiger partial charge in [0.25, 0.3) is 5.91 Å².